The van der Waals surface area contributed by atoms with Gasteiger partial charge in [-0.05, 0) is 30.9 Å². The number of carbonyl (C=O) groups excluding carboxylic acids is 1. The third-order valence-corrected chi connectivity index (χ3v) is 4.76. The van der Waals surface area contributed by atoms with Gasteiger partial charge in [0.05, 0.1) is 12.0 Å². The van der Waals surface area contributed by atoms with Crippen LogP contribution in [0.5, 0.6) is 0 Å². The van der Waals surface area contributed by atoms with Gasteiger partial charge in [-0.2, -0.15) is 5.10 Å². The molecule has 1 amide bonds. The van der Waals surface area contributed by atoms with Crippen LogP contribution >= 0.6 is 0 Å². The van der Waals surface area contributed by atoms with Crippen LogP contribution in [0.2, 0.25) is 0 Å². The van der Waals surface area contributed by atoms with Gasteiger partial charge in [-0.25, -0.2) is 0 Å². The van der Waals surface area contributed by atoms with E-state index in [1.807, 2.05) is 30.3 Å². The van der Waals surface area contributed by atoms with Crippen LogP contribution in [0.1, 0.15) is 47.8 Å². The van der Waals surface area contributed by atoms with Gasteiger partial charge in [-0.1, -0.05) is 43.2 Å². The van der Waals surface area contributed by atoms with Gasteiger partial charge >= 0.3 is 5.97 Å². The van der Waals surface area contributed by atoms with Crippen LogP contribution in [0.25, 0.3) is 0 Å². The quantitative estimate of drug-likeness (QED) is 0.811. The Morgan fingerprint density at radius 3 is 2.60 bits per heavy atom. The Morgan fingerprint density at radius 2 is 1.92 bits per heavy atom. The van der Waals surface area contributed by atoms with E-state index in [9.17, 15) is 14.7 Å². The molecule has 3 rings (SSSR count). The number of hydrogen-bond acceptors (Lipinski definition) is 3. The average Bonchev–Trinajstić information content (AvgIpc) is 3.29. The number of amides is 1. The number of hydrogen-bond donors (Lipinski definition) is 2. The Hall–Kier alpha value is -2.63. The number of carboxylic acids is 1. The van der Waals surface area contributed by atoms with Crippen molar-refractivity contribution < 1.29 is 14.7 Å². The van der Waals surface area contributed by atoms with Crippen molar-refractivity contribution in [1.82, 2.24) is 15.1 Å². The van der Waals surface area contributed by atoms with Crippen LogP contribution in [0.3, 0.4) is 0 Å². The molecule has 0 radical (unpaired) electrons. The maximum absolute atomic E-state index is 12.5. The van der Waals surface area contributed by atoms with E-state index in [2.05, 4.69) is 10.4 Å². The lowest BCUT2D eigenvalue weighted by atomic mass is 9.99. The molecule has 0 saturated heterocycles. The molecule has 1 aliphatic carbocycles. The lowest BCUT2D eigenvalue weighted by Gasteiger charge is -2.16. The molecule has 25 heavy (non-hydrogen) atoms. The minimum atomic E-state index is -0.909. The van der Waals surface area contributed by atoms with Crippen LogP contribution < -0.4 is 5.32 Å². The van der Waals surface area contributed by atoms with Crippen LogP contribution in [-0.2, 0) is 11.2 Å². The van der Waals surface area contributed by atoms with E-state index in [0.29, 0.717) is 12.1 Å². The van der Waals surface area contributed by atoms with E-state index in [0.717, 1.165) is 31.2 Å². The maximum atomic E-state index is 12.5. The number of carbonyl (C=O) groups is 2. The Morgan fingerprint density at radius 1 is 1.20 bits per heavy atom. The first kappa shape index (κ1) is 17.2. The lowest BCUT2D eigenvalue weighted by molar-refractivity contribution is -0.141. The summed E-state index contributed by atoms with van der Waals surface area (Å²) in [5.74, 6) is -1.83. The van der Waals surface area contributed by atoms with Gasteiger partial charge in [0.25, 0.3) is 5.91 Å². The molecule has 0 bridgehead atoms. The molecule has 6 nitrogen and oxygen atoms in total. The molecule has 0 aliphatic heterocycles. The summed E-state index contributed by atoms with van der Waals surface area (Å²) in [7, 11) is 0. The minimum Gasteiger partial charge on any atom is -0.481 e. The standard InChI is InChI=1S/C19H23N3O3/c23-18(17-10-11-21-22(17)16-8-4-5-9-16)20-13-15(19(24)25)12-14-6-2-1-3-7-14/h1-3,6-7,10-11,15-16H,4-5,8-9,12-13H2,(H,20,23)(H,24,25). The maximum Gasteiger partial charge on any atom is 0.308 e. The fourth-order valence-electron chi connectivity index (χ4n) is 3.39. The first-order chi connectivity index (χ1) is 12.1. The monoisotopic (exact) mass is 341 g/mol. The highest BCUT2D eigenvalue weighted by Crippen LogP contribution is 2.29. The summed E-state index contributed by atoms with van der Waals surface area (Å²) >= 11 is 0. The summed E-state index contributed by atoms with van der Waals surface area (Å²) < 4.78 is 1.79. The van der Waals surface area contributed by atoms with E-state index >= 15 is 0 Å². The summed E-state index contributed by atoms with van der Waals surface area (Å²) in [5.41, 5.74) is 1.45. The van der Waals surface area contributed by atoms with Gasteiger partial charge in [0.2, 0.25) is 0 Å². The molecule has 2 aromatic rings. The van der Waals surface area contributed by atoms with Crippen LogP contribution in [0.4, 0.5) is 0 Å². The molecular weight excluding hydrogens is 318 g/mol. The third-order valence-electron chi connectivity index (χ3n) is 4.76. The van der Waals surface area contributed by atoms with Crippen LogP contribution in [0.15, 0.2) is 42.6 Å². The number of aliphatic carboxylic acids is 1. The Balaban J connectivity index is 1.62. The largest absolute Gasteiger partial charge is 0.481 e. The smallest absolute Gasteiger partial charge is 0.308 e. The van der Waals surface area contributed by atoms with Crippen LogP contribution in [0, 0.1) is 5.92 Å². The van der Waals surface area contributed by atoms with E-state index in [-0.39, 0.29) is 18.5 Å². The number of rotatable bonds is 7. The van der Waals surface area contributed by atoms with Crippen molar-refractivity contribution in [3.8, 4) is 0 Å². The van der Waals surface area contributed by atoms with Crippen molar-refractivity contribution in [2.24, 2.45) is 5.92 Å². The van der Waals surface area contributed by atoms with Crippen molar-refractivity contribution in [2.45, 2.75) is 38.1 Å². The zero-order valence-electron chi connectivity index (χ0n) is 14.1. The molecule has 1 aromatic heterocycles. The highest BCUT2D eigenvalue weighted by molar-refractivity contribution is 5.92. The zero-order chi connectivity index (χ0) is 17.6. The van der Waals surface area contributed by atoms with Crippen molar-refractivity contribution in [3.05, 3.63) is 53.9 Å². The second-order valence-corrected chi connectivity index (χ2v) is 6.53. The summed E-state index contributed by atoms with van der Waals surface area (Å²) in [4.78, 5) is 24.0. The number of benzene rings is 1. The van der Waals surface area contributed by atoms with E-state index in [4.69, 9.17) is 0 Å². The molecule has 1 aliphatic rings. The van der Waals surface area contributed by atoms with Gasteiger partial charge in [-0.3, -0.25) is 14.3 Å². The first-order valence-corrected chi connectivity index (χ1v) is 8.73. The molecule has 1 saturated carbocycles. The third kappa shape index (κ3) is 4.26. The first-order valence-electron chi connectivity index (χ1n) is 8.73. The molecule has 1 aromatic carbocycles. The molecular formula is C19H23N3O3. The fourth-order valence-corrected chi connectivity index (χ4v) is 3.39. The predicted octanol–water partition coefficient (Wildman–Crippen LogP) is 2.67. The lowest BCUT2D eigenvalue weighted by Crippen LogP contribution is -2.35. The highest BCUT2D eigenvalue weighted by atomic mass is 16.4. The normalized spacial score (nSPS) is 15.8. The highest BCUT2D eigenvalue weighted by Gasteiger charge is 2.24. The molecule has 0 spiro atoms. The molecule has 2 N–H and O–H groups in total. The van der Waals surface area contributed by atoms with E-state index in [1.54, 1.807) is 16.9 Å². The summed E-state index contributed by atoms with van der Waals surface area (Å²) in [6.45, 7) is 0.0961. The van der Waals surface area contributed by atoms with Gasteiger partial charge in [0, 0.05) is 12.7 Å². The number of carboxylic acid groups (broad SMARTS) is 1. The molecule has 1 atom stereocenters. The fraction of sp³-hybridized carbons (Fsp3) is 0.421. The molecule has 1 unspecified atom stereocenters. The number of aromatic nitrogens is 2. The molecule has 132 valence electrons. The average molecular weight is 341 g/mol. The predicted molar refractivity (Wildman–Crippen MR) is 93.3 cm³/mol. The van der Waals surface area contributed by atoms with Gasteiger partial charge in [0.15, 0.2) is 0 Å². The van der Waals surface area contributed by atoms with Crippen LogP contribution in [-0.4, -0.2) is 33.3 Å². The van der Waals surface area contributed by atoms with E-state index in [1.165, 1.54) is 0 Å². The van der Waals surface area contributed by atoms with Crippen molar-refractivity contribution in [2.75, 3.05) is 6.54 Å². The number of nitrogens with one attached hydrogen (secondary N) is 1. The molecule has 1 fully saturated rings. The van der Waals surface area contributed by atoms with E-state index < -0.39 is 11.9 Å². The SMILES string of the molecule is O=C(NCC(Cc1ccccc1)C(=O)O)c1ccnn1C1CCCC1. The number of nitrogens with zero attached hydrogens (tertiary/aromatic N) is 2. The van der Waals surface area contributed by atoms with Crippen molar-refractivity contribution in [3.63, 3.8) is 0 Å². The summed E-state index contributed by atoms with van der Waals surface area (Å²) in [6.07, 6.45) is 6.40. The van der Waals surface area contributed by atoms with Gasteiger partial charge in [-0.15, -0.1) is 0 Å². The molecule has 1 heterocycles. The Kier molecular flexibility index (Phi) is 5.48. The molecule has 6 heteroatoms. The summed E-state index contributed by atoms with van der Waals surface area (Å²) in [5, 5.41) is 16.5. The van der Waals surface area contributed by atoms with Crippen molar-refractivity contribution >= 4 is 11.9 Å². The minimum absolute atomic E-state index is 0.0961. The summed E-state index contributed by atoms with van der Waals surface area (Å²) in [6, 6.07) is 11.4. The van der Waals surface area contributed by atoms with Gasteiger partial charge in [0.1, 0.15) is 5.69 Å². The van der Waals surface area contributed by atoms with Gasteiger partial charge < -0.3 is 10.4 Å². The second kappa shape index (κ2) is 7.96. The second-order valence-electron chi connectivity index (χ2n) is 6.53. The zero-order valence-corrected chi connectivity index (χ0v) is 14.1. The Labute approximate surface area is 146 Å². The Bertz CT molecular complexity index is 721. The topological polar surface area (TPSA) is 84.2 Å². The van der Waals surface area contributed by atoms with Crippen molar-refractivity contribution in [1.29, 1.82) is 0 Å².